The van der Waals surface area contributed by atoms with Gasteiger partial charge in [-0.05, 0) is 35.6 Å². The number of halogens is 7. The first-order chi connectivity index (χ1) is 17.0. The van der Waals surface area contributed by atoms with E-state index in [2.05, 4.69) is 10.1 Å². The number of nitrogens with one attached hydrogen (secondary N) is 1. The maximum Gasteiger partial charge on any atom is 0.491 e. The largest absolute Gasteiger partial charge is 0.491 e. The fraction of sp³-hybridized carbons (Fsp3) is 0.400. The molecule has 1 aliphatic heterocycles. The molecule has 0 spiro atoms. The molecule has 1 saturated heterocycles. The summed E-state index contributed by atoms with van der Waals surface area (Å²) in [7, 11) is 0. The van der Waals surface area contributed by atoms with E-state index in [1.165, 1.54) is 30.3 Å². The summed E-state index contributed by atoms with van der Waals surface area (Å²) in [5.41, 5.74) is -3.27. The van der Waals surface area contributed by atoms with Crippen LogP contribution >= 0.6 is 23.2 Å². The highest BCUT2D eigenvalue weighted by molar-refractivity contribution is 6.31. The third-order valence-electron chi connectivity index (χ3n) is 6.13. The van der Waals surface area contributed by atoms with Gasteiger partial charge in [-0.1, -0.05) is 62.2 Å². The number of rotatable bonds is 4. The minimum absolute atomic E-state index is 0.00936. The molecular weight excluding hydrogens is 542 g/mol. The second-order valence-corrected chi connectivity index (χ2v) is 10.7. The Morgan fingerprint density at radius 1 is 1.14 bits per heavy atom. The highest BCUT2D eigenvalue weighted by Gasteiger charge is 2.62. The predicted octanol–water partition coefficient (Wildman–Crippen LogP) is 6.23. The summed E-state index contributed by atoms with van der Waals surface area (Å²) in [5.74, 6) is -8.18. The summed E-state index contributed by atoms with van der Waals surface area (Å²) in [6.07, 6.45) is -5.41. The molecule has 1 heterocycles. The van der Waals surface area contributed by atoms with E-state index in [0.29, 0.717) is 0 Å². The van der Waals surface area contributed by atoms with Gasteiger partial charge < -0.3 is 4.74 Å². The summed E-state index contributed by atoms with van der Waals surface area (Å²) in [5, 5.41) is 12.9. The van der Waals surface area contributed by atoms with E-state index in [9.17, 15) is 28.0 Å². The fourth-order valence-corrected chi connectivity index (χ4v) is 5.09. The van der Waals surface area contributed by atoms with Gasteiger partial charge in [-0.25, -0.2) is 18.4 Å². The fourth-order valence-electron chi connectivity index (χ4n) is 4.75. The van der Waals surface area contributed by atoms with Crippen molar-refractivity contribution < 1.29 is 36.3 Å². The van der Waals surface area contributed by atoms with Gasteiger partial charge in [0, 0.05) is 22.5 Å². The highest BCUT2D eigenvalue weighted by atomic mass is 35.5. The van der Waals surface area contributed by atoms with E-state index in [1.807, 2.05) is 6.07 Å². The van der Waals surface area contributed by atoms with Gasteiger partial charge in [0.15, 0.2) is 0 Å². The number of hydrogen-bond acceptors (Lipinski definition) is 5. The Hall–Kier alpha value is -2.74. The second kappa shape index (κ2) is 10.2. The number of alkyl halides is 3. The van der Waals surface area contributed by atoms with E-state index in [1.54, 1.807) is 20.8 Å². The maximum atomic E-state index is 15.4. The predicted molar refractivity (Wildman–Crippen MR) is 125 cm³/mol. The first kappa shape index (κ1) is 28.8. The van der Waals surface area contributed by atoms with E-state index in [-0.39, 0.29) is 22.6 Å². The van der Waals surface area contributed by atoms with Crippen molar-refractivity contribution >= 4 is 35.1 Å². The highest BCUT2D eigenvalue weighted by Crippen LogP contribution is 2.53. The third kappa shape index (κ3) is 5.59. The molecule has 0 amide bonds. The Labute approximate surface area is 219 Å². The van der Waals surface area contributed by atoms with Crippen LogP contribution in [0.15, 0.2) is 36.4 Å². The number of carbonyl (C=O) groups is 2. The average molecular weight is 563 g/mol. The maximum absolute atomic E-state index is 15.4. The zero-order chi connectivity index (χ0) is 27.9. The van der Waals surface area contributed by atoms with Crippen LogP contribution in [0.5, 0.6) is 0 Å². The molecular formula is C25H21Cl2F5N2O3. The SMILES string of the molecule is CC(C)(C)C[C@@H]1N[C@H](C(=O)OC(=O)C(F)(F)F)[C@H](c2cccc(Cl)c2F)[C@@]1(C#N)c1ccc(Cl)cc1F. The Kier molecular flexibility index (Phi) is 7.94. The smallest absolute Gasteiger partial charge is 0.385 e. The molecule has 5 nitrogen and oxygen atoms in total. The number of nitriles is 1. The number of benzene rings is 2. The van der Waals surface area contributed by atoms with Crippen molar-refractivity contribution in [2.75, 3.05) is 0 Å². The average Bonchev–Trinajstić information content (AvgIpc) is 3.08. The van der Waals surface area contributed by atoms with Crippen LogP contribution in [0, 0.1) is 28.4 Å². The van der Waals surface area contributed by atoms with Crippen LogP contribution in [0.2, 0.25) is 10.0 Å². The van der Waals surface area contributed by atoms with Crippen LogP contribution in [-0.4, -0.2) is 30.2 Å². The number of nitrogens with zero attached hydrogens (tertiary/aromatic N) is 1. The van der Waals surface area contributed by atoms with Crippen molar-refractivity contribution in [3.8, 4) is 6.07 Å². The molecule has 12 heteroatoms. The Morgan fingerprint density at radius 2 is 1.78 bits per heavy atom. The number of hydrogen-bond donors (Lipinski definition) is 1. The molecule has 0 unspecified atom stereocenters. The topological polar surface area (TPSA) is 79.2 Å². The van der Waals surface area contributed by atoms with Crippen molar-refractivity contribution in [3.63, 3.8) is 0 Å². The van der Waals surface area contributed by atoms with Crippen molar-refractivity contribution in [1.82, 2.24) is 5.32 Å². The van der Waals surface area contributed by atoms with Crippen molar-refractivity contribution in [3.05, 3.63) is 69.2 Å². The van der Waals surface area contributed by atoms with Crippen LogP contribution in [-0.2, 0) is 19.7 Å². The zero-order valence-corrected chi connectivity index (χ0v) is 21.2. The molecule has 37 heavy (non-hydrogen) atoms. The molecule has 3 rings (SSSR count). The lowest BCUT2D eigenvalue weighted by Gasteiger charge is -2.37. The summed E-state index contributed by atoms with van der Waals surface area (Å²) in [4.78, 5) is 24.5. The van der Waals surface area contributed by atoms with Crippen LogP contribution < -0.4 is 5.32 Å². The van der Waals surface area contributed by atoms with Gasteiger partial charge in [0.25, 0.3) is 0 Å². The molecule has 1 N–H and O–H groups in total. The molecule has 0 aliphatic carbocycles. The van der Waals surface area contributed by atoms with E-state index in [4.69, 9.17) is 23.2 Å². The van der Waals surface area contributed by atoms with Crippen molar-refractivity contribution in [1.29, 1.82) is 5.26 Å². The van der Waals surface area contributed by atoms with Crippen molar-refractivity contribution in [2.24, 2.45) is 5.41 Å². The lowest BCUT2D eigenvalue weighted by atomic mass is 9.62. The Balaban J connectivity index is 2.34. The molecule has 1 fully saturated rings. The molecule has 1 aliphatic rings. The van der Waals surface area contributed by atoms with Gasteiger partial charge in [0.2, 0.25) is 0 Å². The van der Waals surface area contributed by atoms with Gasteiger partial charge in [0.1, 0.15) is 23.1 Å². The standard InChI is InChI=1S/C25H21Cl2F5N2O3/c1-23(2,3)10-17-24(11-33,14-8-7-12(26)9-16(14)28)18(13-5-4-6-15(27)19(13)29)20(34-17)21(35)37-22(36)25(30,31)32/h4-9,17-18,20,34H,10H2,1-3H3/t17-,18-,20-,24-/m0/s1. The van der Waals surface area contributed by atoms with Gasteiger partial charge >= 0.3 is 18.1 Å². The normalized spacial score (nSPS) is 24.0. The van der Waals surface area contributed by atoms with Crippen LogP contribution in [0.3, 0.4) is 0 Å². The summed E-state index contributed by atoms with van der Waals surface area (Å²) in [6.45, 7) is 5.34. The van der Waals surface area contributed by atoms with E-state index in [0.717, 1.165) is 6.07 Å². The summed E-state index contributed by atoms with van der Waals surface area (Å²) in [6, 6.07) is 6.13. The molecule has 0 bridgehead atoms. The number of esters is 2. The quantitative estimate of drug-likeness (QED) is 0.271. The van der Waals surface area contributed by atoms with Crippen molar-refractivity contribution in [2.45, 2.75) is 56.8 Å². The van der Waals surface area contributed by atoms with E-state index >= 15 is 8.78 Å². The number of ether oxygens (including phenoxy) is 1. The Bertz CT molecular complexity index is 1270. The zero-order valence-electron chi connectivity index (χ0n) is 19.7. The summed E-state index contributed by atoms with van der Waals surface area (Å²) >= 11 is 11.9. The van der Waals surface area contributed by atoms with Crippen LogP contribution in [0.4, 0.5) is 22.0 Å². The molecule has 2 aromatic rings. The first-order valence-corrected chi connectivity index (χ1v) is 11.7. The van der Waals surface area contributed by atoms with Crippen LogP contribution in [0.1, 0.15) is 44.2 Å². The van der Waals surface area contributed by atoms with Gasteiger partial charge in [0.05, 0.1) is 11.1 Å². The van der Waals surface area contributed by atoms with E-state index < -0.39 is 63.6 Å². The van der Waals surface area contributed by atoms with Crippen LogP contribution in [0.25, 0.3) is 0 Å². The van der Waals surface area contributed by atoms with Gasteiger partial charge in [-0.15, -0.1) is 0 Å². The van der Waals surface area contributed by atoms with Gasteiger partial charge in [-0.3, -0.25) is 5.32 Å². The Morgan fingerprint density at radius 3 is 2.32 bits per heavy atom. The molecule has 0 aromatic heterocycles. The first-order valence-electron chi connectivity index (χ1n) is 10.9. The minimum Gasteiger partial charge on any atom is -0.385 e. The molecule has 198 valence electrons. The second-order valence-electron chi connectivity index (χ2n) is 9.89. The molecule has 0 radical (unpaired) electrons. The third-order valence-corrected chi connectivity index (χ3v) is 6.65. The number of carbonyl (C=O) groups excluding carboxylic acids is 2. The lowest BCUT2D eigenvalue weighted by Crippen LogP contribution is -2.45. The molecule has 4 atom stereocenters. The lowest BCUT2D eigenvalue weighted by molar-refractivity contribution is -0.202. The molecule has 0 saturated carbocycles. The minimum atomic E-state index is -5.50. The monoisotopic (exact) mass is 562 g/mol. The summed E-state index contributed by atoms with van der Waals surface area (Å²) < 4.78 is 73.5. The molecule has 2 aromatic carbocycles. The van der Waals surface area contributed by atoms with Gasteiger partial charge in [-0.2, -0.15) is 18.4 Å².